The number of nitro groups is 1. The normalized spacial score (nSPS) is 10.5. The minimum atomic E-state index is -0.690. The van der Waals surface area contributed by atoms with E-state index in [1.807, 2.05) is 13.8 Å². The fourth-order valence-corrected chi connectivity index (χ4v) is 3.51. The minimum absolute atomic E-state index is 0.00961. The summed E-state index contributed by atoms with van der Waals surface area (Å²) in [5.41, 5.74) is 1.63. The zero-order chi connectivity index (χ0) is 29.0. The molecule has 9 nitrogen and oxygen atoms in total. The first-order valence-corrected chi connectivity index (χ1v) is 12.9. The van der Waals surface area contributed by atoms with Crippen LogP contribution in [0.5, 0.6) is 5.75 Å². The van der Waals surface area contributed by atoms with Gasteiger partial charge in [-0.1, -0.05) is 46.2 Å². The summed E-state index contributed by atoms with van der Waals surface area (Å²) in [6.45, 7) is 15.9. The first-order valence-electron chi connectivity index (χ1n) is 12.9. The second-order valence-corrected chi connectivity index (χ2v) is 9.58. The van der Waals surface area contributed by atoms with Crippen LogP contribution in [0, 0.1) is 17.0 Å². The number of non-ortho nitro benzene ring substituents is 1. The molecule has 0 radical (unpaired) electrons. The Morgan fingerprint density at radius 2 is 1.68 bits per heavy atom. The second kappa shape index (κ2) is 14.8. The van der Waals surface area contributed by atoms with Crippen molar-refractivity contribution in [1.29, 1.82) is 0 Å². The van der Waals surface area contributed by atoms with Gasteiger partial charge in [-0.2, -0.15) is 0 Å². The van der Waals surface area contributed by atoms with Gasteiger partial charge in [-0.3, -0.25) is 14.9 Å². The van der Waals surface area contributed by atoms with Gasteiger partial charge in [0.05, 0.1) is 10.4 Å². The van der Waals surface area contributed by atoms with Crippen LogP contribution in [0.2, 0.25) is 0 Å². The third-order valence-electron chi connectivity index (χ3n) is 5.16. The molecule has 0 unspecified atom stereocenters. The molecule has 3 aromatic rings. The van der Waals surface area contributed by atoms with Crippen molar-refractivity contribution < 1.29 is 19.6 Å². The summed E-state index contributed by atoms with van der Waals surface area (Å²) >= 11 is 0. The lowest BCUT2D eigenvalue weighted by atomic mass is 10.0. The fraction of sp³-hybridized carbons (Fsp3) is 0.448. The molecular formula is C29H41N3O6. The number of nitrogens with zero attached hydrogens (tertiary/aromatic N) is 2. The number of aromatic amines is 1. The number of hydrogen-bond acceptors (Lipinski definition) is 6. The largest absolute Gasteiger partial charge is 0.506 e. The maximum Gasteiger partial charge on any atom is 0.410 e. The molecule has 1 aromatic heterocycles. The topological polar surface area (TPSA) is 126 Å². The van der Waals surface area contributed by atoms with Crippen LogP contribution in [-0.4, -0.2) is 38.2 Å². The van der Waals surface area contributed by atoms with Crippen molar-refractivity contribution in [1.82, 2.24) is 9.88 Å². The number of fused-ring (bicyclic) bond motifs is 1. The second-order valence-electron chi connectivity index (χ2n) is 9.58. The van der Waals surface area contributed by atoms with E-state index < -0.39 is 16.6 Å². The number of H-pyrrole nitrogens is 1. The van der Waals surface area contributed by atoms with E-state index in [-0.39, 0.29) is 23.5 Å². The molecule has 0 aliphatic carbocycles. The number of rotatable bonds is 6. The molecule has 0 saturated heterocycles. The van der Waals surface area contributed by atoms with Crippen LogP contribution in [-0.2, 0) is 17.7 Å². The predicted octanol–water partition coefficient (Wildman–Crippen LogP) is 6.87. The summed E-state index contributed by atoms with van der Waals surface area (Å²) in [5.74, 6) is -0.0306. The van der Waals surface area contributed by atoms with Crippen LogP contribution in [0.15, 0.2) is 47.3 Å². The highest BCUT2D eigenvalue weighted by Crippen LogP contribution is 2.26. The highest BCUT2D eigenvalue weighted by atomic mass is 16.6. The third-order valence-corrected chi connectivity index (χ3v) is 5.16. The number of benzene rings is 2. The molecule has 38 heavy (non-hydrogen) atoms. The standard InChI is InChI=1S/C24H27N3O6.C3H8.C2H6/c1-15-13-18(27(31)32)7-5-17(15)14-26(23(30)33-24(2,3)4)12-11-16-6-9-20(28)22-19(16)8-10-21(29)25-22;1-3-2;1-2/h5-10,13,28H,11-12,14H2,1-4H3,(H,25,29);3H2,1-2H3;1-2H3. The quantitative estimate of drug-likeness (QED) is 0.266. The summed E-state index contributed by atoms with van der Waals surface area (Å²) in [6, 6.07) is 10.8. The van der Waals surface area contributed by atoms with Crippen LogP contribution >= 0.6 is 0 Å². The van der Waals surface area contributed by atoms with E-state index in [1.54, 1.807) is 50.8 Å². The fourth-order valence-electron chi connectivity index (χ4n) is 3.51. The Morgan fingerprint density at radius 3 is 2.24 bits per heavy atom. The predicted molar refractivity (Wildman–Crippen MR) is 152 cm³/mol. The van der Waals surface area contributed by atoms with Gasteiger partial charge in [0.1, 0.15) is 11.4 Å². The summed E-state index contributed by atoms with van der Waals surface area (Å²) in [6.07, 6.45) is 1.19. The first kappa shape index (κ1) is 32.1. The molecular weight excluding hydrogens is 486 g/mol. The molecule has 0 aliphatic rings. The Morgan fingerprint density at radius 1 is 1.08 bits per heavy atom. The van der Waals surface area contributed by atoms with Gasteiger partial charge >= 0.3 is 6.09 Å². The molecule has 0 aliphatic heterocycles. The van der Waals surface area contributed by atoms with Crippen molar-refractivity contribution in [2.24, 2.45) is 0 Å². The number of phenolic OH excluding ortho intramolecular Hbond substituents is 1. The number of aromatic hydroxyl groups is 1. The molecule has 0 atom stereocenters. The maximum absolute atomic E-state index is 12.9. The van der Waals surface area contributed by atoms with Crippen LogP contribution in [0.1, 0.15) is 71.6 Å². The lowest BCUT2D eigenvalue weighted by molar-refractivity contribution is -0.384. The molecule has 2 N–H and O–H groups in total. The molecule has 9 heteroatoms. The SMILES string of the molecule is CC.CCC.Cc1cc([N+](=O)[O-])ccc1CN(CCc1ccc(O)c2[nH]c(=O)ccc12)C(=O)OC(C)(C)C. The van der Waals surface area contributed by atoms with Crippen molar-refractivity contribution in [3.8, 4) is 5.75 Å². The van der Waals surface area contributed by atoms with Gasteiger partial charge in [-0.25, -0.2) is 4.79 Å². The van der Waals surface area contributed by atoms with Gasteiger partial charge in [-0.15, -0.1) is 0 Å². The van der Waals surface area contributed by atoms with Crippen molar-refractivity contribution >= 4 is 22.7 Å². The van der Waals surface area contributed by atoms with Gasteiger partial charge in [-0.05, 0) is 62.9 Å². The van der Waals surface area contributed by atoms with E-state index in [4.69, 9.17) is 4.74 Å². The van der Waals surface area contributed by atoms with Crippen LogP contribution in [0.3, 0.4) is 0 Å². The number of carbonyl (C=O) groups is 1. The molecule has 1 amide bonds. The highest BCUT2D eigenvalue weighted by molar-refractivity contribution is 5.87. The van der Waals surface area contributed by atoms with Crippen molar-refractivity contribution in [3.05, 3.63) is 79.6 Å². The van der Waals surface area contributed by atoms with Crippen LogP contribution in [0.25, 0.3) is 10.9 Å². The minimum Gasteiger partial charge on any atom is -0.506 e. The lowest BCUT2D eigenvalue weighted by Crippen LogP contribution is -2.37. The Labute approximate surface area is 224 Å². The molecule has 3 rings (SSSR count). The van der Waals surface area contributed by atoms with Gasteiger partial charge in [0, 0.05) is 36.7 Å². The molecule has 2 aromatic carbocycles. The van der Waals surface area contributed by atoms with E-state index in [2.05, 4.69) is 18.8 Å². The van der Waals surface area contributed by atoms with E-state index >= 15 is 0 Å². The maximum atomic E-state index is 12.9. The molecule has 0 saturated carbocycles. The number of aryl methyl sites for hydroxylation is 1. The number of pyridine rings is 1. The highest BCUT2D eigenvalue weighted by Gasteiger charge is 2.23. The van der Waals surface area contributed by atoms with Crippen LogP contribution in [0.4, 0.5) is 10.5 Å². The molecule has 0 bridgehead atoms. The van der Waals surface area contributed by atoms with Gasteiger partial charge in [0.25, 0.3) is 5.69 Å². The zero-order valence-corrected chi connectivity index (χ0v) is 23.8. The Hall–Kier alpha value is -3.88. The van der Waals surface area contributed by atoms with E-state index in [9.17, 15) is 24.8 Å². The van der Waals surface area contributed by atoms with E-state index in [1.165, 1.54) is 30.7 Å². The average Bonchev–Trinajstić information content (AvgIpc) is 2.84. The van der Waals surface area contributed by atoms with Crippen molar-refractivity contribution in [2.45, 2.75) is 80.4 Å². The summed E-state index contributed by atoms with van der Waals surface area (Å²) in [4.78, 5) is 39.4. The van der Waals surface area contributed by atoms with Crippen LogP contribution < -0.4 is 5.56 Å². The molecule has 0 spiro atoms. The molecule has 0 fully saturated rings. The average molecular weight is 528 g/mol. The van der Waals surface area contributed by atoms with Crippen molar-refractivity contribution in [3.63, 3.8) is 0 Å². The van der Waals surface area contributed by atoms with E-state index in [0.29, 0.717) is 29.4 Å². The number of nitro benzene ring substituents is 1. The number of carbonyl (C=O) groups excluding carboxylic acids is 1. The number of amides is 1. The van der Waals surface area contributed by atoms with Gasteiger partial charge in [0.2, 0.25) is 5.56 Å². The number of ether oxygens (including phenoxy) is 1. The Kier molecular flexibility index (Phi) is 12.5. The first-order chi connectivity index (χ1) is 17.9. The zero-order valence-electron chi connectivity index (χ0n) is 23.8. The summed E-state index contributed by atoms with van der Waals surface area (Å²) < 4.78 is 5.58. The number of nitrogens with one attached hydrogen (secondary N) is 1. The summed E-state index contributed by atoms with van der Waals surface area (Å²) in [7, 11) is 0. The van der Waals surface area contributed by atoms with E-state index in [0.717, 1.165) is 11.1 Å². The number of hydrogen-bond donors (Lipinski definition) is 2. The Balaban J connectivity index is 0.00000135. The summed E-state index contributed by atoms with van der Waals surface area (Å²) in [5, 5.41) is 21.8. The van der Waals surface area contributed by atoms with Gasteiger partial charge < -0.3 is 19.7 Å². The number of aromatic nitrogens is 1. The van der Waals surface area contributed by atoms with Gasteiger partial charge in [0.15, 0.2) is 0 Å². The molecule has 1 heterocycles. The Bertz CT molecular complexity index is 1280. The smallest absolute Gasteiger partial charge is 0.410 e. The monoisotopic (exact) mass is 527 g/mol. The van der Waals surface area contributed by atoms with Crippen molar-refractivity contribution in [2.75, 3.05) is 6.54 Å². The third kappa shape index (κ3) is 9.53. The molecule has 208 valence electrons. The lowest BCUT2D eigenvalue weighted by Gasteiger charge is -2.28. The number of phenols is 1.